The summed E-state index contributed by atoms with van der Waals surface area (Å²) in [6, 6.07) is 13.0. The van der Waals surface area contributed by atoms with Crippen LogP contribution in [0.15, 0.2) is 59.3 Å². The number of anilines is 3. The second-order valence-corrected chi connectivity index (χ2v) is 6.98. The number of amides is 1. The molecule has 0 aliphatic rings. The van der Waals surface area contributed by atoms with Crippen molar-refractivity contribution >= 4 is 50.8 Å². The number of carbonyl (C=O) groups is 2. The minimum atomic E-state index is -0.706. The van der Waals surface area contributed by atoms with Crippen molar-refractivity contribution in [2.75, 3.05) is 17.3 Å². The van der Waals surface area contributed by atoms with E-state index in [2.05, 4.69) is 42.1 Å². The Bertz CT molecular complexity index is 1170. The zero-order valence-corrected chi connectivity index (χ0v) is 18.3. The van der Waals surface area contributed by atoms with Crippen LogP contribution in [-0.2, 0) is 4.74 Å². The van der Waals surface area contributed by atoms with Crippen molar-refractivity contribution in [2.24, 2.45) is 0 Å². The van der Waals surface area contributed by atoms with Gasteiger partial charge in [-0.25, -0.2) is 14.8 Å². The molecule has 12 heteroatoms. The predicted octanol–water partition coefficient (Wildman–Crippen LogP) is 3.82. The molecule has 3 N–H and O–H groups in total. The minimum Gasteiger partial charge on any atom is -0.462 e. The molecule has 0 aliphatic carbocycles. The lowest BCUT2D eigenvalue weighted by Crippen LogP contribution is -2.30. The van der Waals surface area contributed by atoms with Gasteiger partial charge in [0.05, 0.1) is 28.3 Å². The van der Waals surface area contributed by atoms with E-state index in [1.165, 1.54) is 6.07 Å². The Balaban J connectivity index is 1.88. The predicted molar refractivity (Wildman–Crippen MR) is 120 cm³/mol. The van der Waals surface area contributed by atoms with Crippen LogP contribution in [0.2, 0.25) is 0 Å². The molecular formula is C20H17BrN6O5. The second kappa shape index (κ2) is 10.3. The number of hydrogen-bond acceptors (Lipinski definition) is 9. The topological polar surface area (TPSA) is 148 Å². The highest BCUT2D eigenvalue weighted by Crippen LogP contribution is 2.32. The number of carbonyl (C=O) groups excluding carboxylic acids is 2. The number of nitro groups is 1. The molecule has 1 aromatic heterocycles. The van der Waals surface area contributed by atoms with Crippen LogP contribution in [0.3, 0.4) is 0 Å². The third-order valence-corrected chi connectivity index (χ3v) is 4.78. The van der Waals surface area contributed by atoms with Crippen molar-refractivity contribution in [3.63, 3.8) is 0 Å². The van der Waals surface area contributed by atoms with Crippen LogP contribution in [0, 0.1) is 10.1 Å². The first-order chi connectivity index (χ1) is 15.4. The molecule has 2 aromatic carbocycles. The van der Waals surface area contributed by atoms with Gasteiger partial charge in [-0.3, -0.25) is 25.8 Å². The summed E-state index contributed by atoms with van der Waals surface area (Å²) < 4.78 is 5.57. The summed E-state index contributed by atoms with van der Waals surface area (Å²) in [7, 11) is 0. The molecule has 0 aliphatic heterocycles. The van der Waals surface area contributed by atoms with Crippen LogP contribution in [0.1, 0.15) is 27.6 Å². The Labute approximate surface area is 190 Å². The zero-order valence-electron chi connectivity index (χ0n) is 16.7. The molecule has 164 valence electrons. The van der Waals surface area contributed by atoms with Gasteiger partial charge in [0.2, 0.25) is 11.6 Å². The summed E-state index contributed by atoms with van der Waals surface area (Å²) in [6.07, 6.45) is 1.08. The highest BCUT2D eigenvalue weighted by molar-refractivity contribution is 9.10. The molecule has 0 saturated carbocycles. The van der Waals surface area contributed by atoms with Crippen LogP contribution in [-0.4, -0.2) is 33.4 Å². The maximum absolute atomic E-state index is 12.4. The minimum absolute atomic E-state index is 0.173. The van der Waals surface area contributed by atoms with E-state index in [9.17, 15) is 19.7 Å². The van der Waals surface area contributed by atoms with Crippen LogP contribution in [0.4, 0.5) is 23.0 Å². The van der Waals surface area contributed by atoms with Gasteiger partial charge in [0.25, 0.3) is 5.91 Å². The van der Waals surface area contributed by atoms with Gasteiger partial charge in [-0.2, -0.15) is 0 Å². The van der Waals surface area contributed by atoms with Gasteiger partial charge >= 0.3 is 11.7 Å². The number of nitrogens with one attached hydrogen (secondary N) is 3. The Kier molecular flexibility index (Phi) is 7.29. The highest BCUT2D eigenvalue weighted by atomic mass is 79.9. The molecular weight excluding hydrogens is 484 g/mol. The molecule has 0 atom stereocenters. The lowest BCUT2D eigenvalue weighted by molar-refractivity contribution is -0.383. The maximum atomic E-state index is 12.4. The van der Waals surface area contributed by atoms with E-state index in [0.717, 1.165) is 6.33 Å². The summed E-state index contributed by atoms with van der Waals surface area (Å²) in [4.78, 5) is 43.4. The first kappa shape index (κ1) is 22.6. The molecule has 11 nitrogen and oxygen atoms in total. The van der Waals surface area contributed by atoms with Crippen LogP contribution in [0.5, 0.6) is 0 Å². The number of benzene rings is 2. The van der Waals surface area contributed by atoms with Crippen LogP contribution in [0.25, 0.3) is 0 Å². The first-order valence-electron chi connectivity index (χ1n) is 9.25. The fourth-order valence-electron chi connectivity index (χ4n) is 2.67. The number of hydrogen-bond donors (Lipinski definition) is 3. The lowest BCUT2D eigenvalue weighted by atomic mass is 10.2. The van der Waals surface area contributed by atoms with Gasteiger partial charge in [0.15, 0.2) is 0 Å². The Hall–Kier alpha value is -4.06. The second-order valence-electron chi connectivity index (χ2n) is 6.13. The van der Waals surface area contributed by atoms with E-state index in [0.29, 0.717) is 10.0 Å². The van der Waals surface area contributed by atoms with Crippen molar-refractivity contribution in [3.05, 3.63) is 80.6 Å². The van der Waals surface area contributed by atoms with Gasteiger partial charge in [-0.1, -0.05) is 24.3 Å². The molecule has 0 unspecified atom stereocenters. The average molecular weight is 501 g/mol. The van der Waals surface area contributed by atoms with Crippen molar-refractivity contribution in [3.8, 4) is 0 Å². The summed E-state index contributed by atoms with van der Waals surface area (Å²) in [5.74, 6) is -1.56. The largest absolute Gasteiger partial charge is 0.462 e. The molecule has 1 heterocycles. The van der Waals surface area contributed by atoms with E-state index in [-0.39, 0.29) is 29.5 Å². The summed E-state index contributed by atoms with van der Waals surface area (Å²) in [5.41, 5.74) is 5.06. The highest BCUT2D eigenvalue weighted by Gasteiger charge is 2.25. The van der Waals surface area contributed by atoms with Crippen molar-refractivity contribution in [2.45, 2.75) is 6.92 Å². The summed E-state index contributed by atoms with van der Waals surface area (Å²) >= 11 is 3.27. The molecule has 0 saturated heterocycles. The zero-order chi connectivity index (χ0) is 23.1. The van der Waals surface area contributed by atoms with E-state index < -0.39 is 22.5 Å². The number of para-hydroxylation sites is 1. The van der Waals surface area contributed by atoms with Crippen LogP contribution >= 0.6 is 15.9 Å². The summed E-state index contributed by atoms with van der Waals surface area (Å²) in [6.45, 7) is 1.84. The fourth-order valence-corrected chi connectivity index (χ4v) is 3.13. The molecule has 3 rings (SSSR count). The Morgan fingerprint density at radius 3 is 2.41 bits per heavy atom. The Morgan fingerprint density at radius 2 is 1.72 bits per heavy atom. The number of aromatic nitrogens is 2. The molecule has 0 bridgehead atoms. The number of esters is 1. The van der Waals surface area contributed by atoms with Gasteiger partial charge < -0.3 is 10.1 Å². The van der Waals surface area contributed by atoms with E-state index >= 15 is 0 Å². The third kappa shape index (κ3) is 5.16. The normalized spacial score (nSPS) is 10.2. The standard InChI is InChI=1S/C20H17BrN6O5/c1-2-32-20(29)13-8-4-6-10-15(13)24-17-16(27(30)31)18(23-11-22-17)25-26-19(28)12-7-3-5-9-14(12)21/h3-11H,2H2,1H3,(H,26,28)(H2,22,23,24,25). The number of rotatable bonds is 8. The molecule has 0 fully saturated rings. The molecule has 32 heavy (non-hydrogen) atoms. The van der Waals surface area contributed by atoms with Crippen LogP contribution < -0.4 is 16.2 Å². The smallest absolute Gasteiger partial charge is 0.355 e. The van der Waals surface area contributed by atoms with Gasteiger partial charge in [0.1, 0.15) is 6.33 Å². The molecule has 0 spiro atoms. The first-order valence-corrected chi connectivity index (χ1v) is 10.0. The molecule has 1 amide bonds. The number of halogens is 1. The molecule has 0 radical (unpaired) electrons. The van der Waals surface area contributed by atoms with E-state index in [1.54, 1.807) is 49.4 Å². The molecule has 3 aromatic rings. The fraction of sp³-hybridized carbons (Fsp3) is 0.100. The number of nitrogens with zero attached hydrogens (tertiary/aromatic N) is 3. The van der Waals surface area contributed by atoms with Gasteiger partial charge in [-0.15, -0.1) is 0 Å². The van der Waals surface area contributed by atoms with Gasteiger partial charge in [-0.05, 0) is 47.1 Å². The van der Waals surface area contributed by atoms with Crippen molar-refractivity contribution in [1.82, 2.24) is 15.4 Å². The maximum Gasteiger partial charge on any atom is 0.355 e. The number of hydrazine groups is 1. The summed E-state index contributed by atoms with van der Waals surface area (Å²) in [5, 5.41) is 14.5. The lowest BCUT2D eigenvalue weighted by Gasteiger charge is -2.13. The van der Waals surface area contributed by atoms with Gasteiger partial charge in [0, 0.05) is 4.47 Å². The SMILES string of the molecule is CCOC(=O)c1ccccc1Nc1ncnc(NNC(=O)c2ccccc2Br)c1[N+](=O)[O-]. The quantitative estimate of drug-likeness (QED) is 0.238. The number of ether oxygens (including phenoxy) is 1. The monoisotopic (exact) mass is 500 g/mol. The van der Waals surface area contributed by atoms with Crippen molar-refractivity contribution < 1.29 is 19.2 Å². The Morgan fingerprint density at radius 1 is 1.06 bits per heavy atom. The third-order valence-electron chi connectivity index (χ3n) is 4.09. The average Bonchev–Trinajstić information content (AvgIpc) is 2.78. The van der Waals surface area contributed by atoms with E-state index in [1.807, 2.05) is 0 Å². The van der Waals surface area contributed by atoms with Crippen molar-refractivity contribution in [1.29, 1.82) is 0 Å². The van der Waals surface area contributed by atoms with E-state index in [4.69, 9.17) is 4.74 Å².